The zero-order valence-electron chi connectivity index (χ0n) is 8.89. The molecule has 0 spiro atoms. The van der Waals surface area contributed by atoms with Crippen LogP contribution in [0.15, 0.2) is 47.2 Å². The Kier molecular flexibility index (Phi) is 3.51. The predicted octanol–water partition coefficient (Wildman–Crippen LogP) is 3.41. The summed E-state index contributed by atoms with van der Waals surface area (Å²) < 4.78 is 0.975. The van der Waals surface area contributed by atoms with Crippen molar-refractivity contribution in [1.29, 1.82) is 0 Å². The Hall–Kier alpha value is -1.42. The van der Waals surface area contributed by atoms with E-state index in [0.29, 0.717) is 0 Å². The molecule has 4 heteroatoms. The summed E-state index contributed by atoms with van der Waals surface area (Å²) in [4.78, 5) is 8.55. The van der Waals surface area contributed by atoms with Crippen LogP contribution in [0.1, 0.15) is 18.7 Å². The number of anilines is 1. The van der Waals surface area contributed by atoms with Crippen molar-refractivity contribution in [2.24, 2.45) is 0 Å². The lowest BCUT2D eigenvalue weighted by molar-refractivity contribution is 0.832. The molecule has 2 aromatic rings. The van der Waals surface area contributed by atoms with Crippen LogP contribution >= 0.6 is 15.9 Å². The summed E-state index contributed by atoms with van der Waals surface area (Å²) >= 11 is 3.35. The van der Waals surface area contributed by atoms with Gasteiger partial charge in [-0.1, -0.05) is 6.07 Å². The van der Waals surface area contributed by atoms with Gasteiger partial charge in [-0.25, -0.2) is 4.98 Å². The minimum absolute atomic E-state index is 0.148. The molecule has 3 nitrogen and oxygen atoms in total. The van der Waals surface area contributed by atoms with Gasteiger partial charge in [0.1, 0.15) is 5.82 Å². The number of pyridine rings is 2. The molecule has 0 aliphatic rings. The van der Waals surface area contributed by atoms with Crippen LogP contribution in [0.3, 0.4) is 0 Å². The van der Waals surface area contributed by atoms with Gasteiger partial charge in [-0.3, -0.25) is 4.98 Å². The third kappa shape index (κ3) is 2.79. The highest BCUT2D eigenvalue weighted by molar-refractivity contribution is 9.10. The quantitative estimate of drug-likeness (QED) is 0.934. The van der Waals surface area contributed by atoms with Crippen LogP contribution in [0.25, 0.3) is 0 Å². The number of hydrogen-bond acceptors (Lipinski definition) is 3. The maximum atomic E-state index is 4.29. The number of halogens is 1. The van der Waals surface area contributed by atoms with Gasteiger partial charge in [0, 0.05) is 16.9 Å². The van der Waals surface area contributed by atoms with E-state index in [1.807, 2.05) is 30.3 Å². The minimum Gasteiger partial charge on any atom is -0.362 e. The van der Waals surface area contributed by atoms with Crippen molar-refractivity contribution in [2.45, 2.75) is 13.0 Å². The molecule has 0 saturated heterocycles. The topological polar surface area (TPSA) is 37.8 Å². The molecule has 1 atom stereocenters. The Labute approximate surface area is 103 Å². The highest BCUT2D eigenvalue weighted by Crippen LogP contribution is 2.16. The Morgan fingerprint density at radius 3 is 2.69 bits per heavy atom. The van der Waals surface area contributed by atoms with Gasteiger partial charge in [0.2, 0.25) is 0 Å². The fraction of sp³-hybridized carbons (Fsp3) is 0.167. The Morgan fingerprint density at radius 1 is 1.19 bits per heavy atom. The lowest BCUT2D eigenvalue weighted by atomic mass is 10.2. The molecule has 16 heavy (non-hydrogen) atoms. The molecule has 2 aromatic heterocycles. The van der Waals surface area contributed by atoms with Crippen LogP contribution in [-0.4, -0.2) is 9.97 Å². The highest BCUT2D eigenvalue weighted by Gasteiger charge is 2.05. The fourth-order valence-corrected chi connectivity index (χ4v) is 1.62. The summed E-state index contributed by atoms with van der Waals surface area (Å²) in [6, 6.07) is 9.93. The summed E-state index contributed by atoms with van der Waals surface area (Å²) in [6.07, 6.45) is 3.57. The average molecular weight is 278 g/mol. The van der Waals surface area contributed by atoms with Gasteiger partial charge in [0.15, 0.2) is 0 Å². The lowest BCUT2D eigenvalue weighted by Crippen LogP contribution is -2.09. The number of hydrogen-bond donors (Lipinski definition) is 1. The van der Waals surface area contributed by atoms with Crippen LogP contribution in [0, 0.1) is 0 Å². The molecule has 82 valence electrons. The Morgan fingerprint density at radius 2 is 2.06 bits per heavy atom. The minimum atomic E-state index is 0.148. The van der Waals surface area contributed by atoms with Crippen LogP contribution in [0.4, 0.5) is 5.82 Å². The van der Waals surface area contributed by atoms with Crippen molar-refractivity contribution in [1.82, 2.24) is 9.97 Å². The molecule has 0 aliphatic heterocycles. The van der Waals surface area contributed by atoms with Crippen molar-refractivity contribution in [3.05, 3.63) is 52.9 Å². The maximum absolute atomic E-state index is 4.29. The van der Waals surface area contributed by atoms with Crippen molar-refractivity contribution in [3.8, 4) is 0 Å². The SMILES string of the molecule is CC(Nc1ccc(Br)cn1)c1ccccn1. The molecule has 0 radical (unpaired) electrons. The number of aromatic nitrogens is 2. The molecule has 2 rings (SSSR count). The molecule has 0 amide bonds. The zero-order chi connectivity index (χ0) is 11.4. The van der Waals surface area contributed by atoms with Gasteiger partial charge in [-0.2, -0.15) is 0 Å². The van der Waals surface area contributed by atoms with Crippen LogP contribution < -0.4 is 5.32 Å². The van der Waals surface area contributed by atoms with E-state index in [9.17, 15) is 0 Å². The van der Waals surface area contributed by atoms with E-state index in [1.54, 1.807) is 12.4 Å². The molecule has 1 N–H and O–H groups in total. The normalized spacial score (nSPS) is 12.1. The fourth-order valence-electron chi connectivity index (χ4n) is 1.39. The first kappa shape index (κ1) is 11.1. The van der Waals surface area contributed by atoms with Gasteiger partial charge in [0.05, 0.1) is 11.7 Å². The Balaban J connectivity index is 2.08. The van der Waals surface area contributed by atoms with Crippen molar-refractivity contribution in [3.63, 3.8) is 0 Å². The second kappa shape index (κ2) is 5.07. The zero-order valence-corrected chi connectivity index (χ0v) is 10.5. The first-order valence-corrected chi connectivity index (χ1v) is 5.84. The first-order chi connectivity index (χ1) is 7.75. The molecule has 0 aromatic carbocycles. The predicted molar refractivity (Wildman–Crippen MR) is 68.2 cm³/mol. The molecule has 0 bridgehead atoms. The lowest BCUT2D eigenvalue weighted by Gasteiger charge is -2.13. The van der Waals surface area contributed by atoms with Crippen LogP contribution in [0.5, 0.6) is 0 Å². The molecule has 0 saturated carbocycles. The second-order valence-electron chi connectivity index (χ2n) is 3.48. The van der Waals surface area contributed by atoms with E-state index < -0.39 is 0 Å². The monoisotopic (exact) mass is 277 g/mol. The number of rotatable bonds is 3. The number of nitrogens with one attached hydrogen (secondary N) is 1. The van der Waals surface area contributed by atoms with E-state index in [2.05, 4.69) is 38.1 Å². The third-order valence-corrected chi connectivity index (χ3v) is 2.69. The van der Waals surface area contributed by atoms with Crippen LogP contribution in [-0.2, 0) is 0 Å². The molecular weight excluding hydrogens is 266 g/mol. The standard InChI is InChI=1S/C12H12BrN3/c1-9(11-4-2-3-7-14-11)16-12-6-5-10(13)8-15-12/h2-9H,1H3,(H,15,16). The van der Waals surface area contributed by atoms with E-state index in [-0.39, 0.29) is 6.04 Å². The van der Waals surface area contributed by atoms with Crippen molar-refractivity contribution < 1.29 is 0 Å². The van der Waals surface area contributed by atoms with Crippen molar-refractivity contribution in [2.75, 3.05) is 5.32 Å². The van der Waals surface area contributed by atoms with E-state index in [1.165, 1.54) is 0 Å². The van der Waals surface area contributed by atoms with Gasteiger partial charge in [-0.05, 0) is 47.1 Å². The summed E-state index contributed by atoms with van der Waals surface area (Å²) in [5, 5.41) is 3.29. The smallest absolute Gasteiger partial charge is 0.126 e. The van der Waals surface area contributed by atoms with Gasteiger partial charge in [0.25, 0.3) is 0 Å². The molecule has 0 fully saturated rings. The Bertz CT molecular complexity index is 442. The molecule has 2 heterocycles. The summed E-state index contributed by atoms with van der Waals surface area (Å²) in [7, 11) is 0. The van der Waals surface area contributed by atoms with E-state index in [4.69, 9.17) is 0 Å². The maximum Gasteiger partial charge on any atom is 0.126 e. The van der Waals surface area contributed by atoms with Gasteiger partial charge >= 0.3 is 0 Å². The molecule has 0 aliphatic carbocycles. The van der Waals surface area contributed by atoms with Gasteiger partial charge in [-0.15, -0.1) is 0 Å². The molecule has 1 unspecified atom stereocenters. The first-order valence-electron chi connectivity index (χ1n) is 5.05. The average Bonchev–Trinajstić information content (AvgIpc) is 2.33. The van der Waals surface area contributed by atoms with Gasteiger partial charge < -0.3 is 5.32 Å². The second-order valence-corrected chi connectivity index (χ2v) is 4.40. The third-order valence-electron chi connectivity index (χ3n) is 2.22. The summed E-state index contributed by atoms with van der Waals surface area (Å²) in [6.45, 7) is 2.06. The molecular formula is C12H12BrN3. The summed E-state index contributed by atoms with van der Waals surface area (Å²) in [5.74, 6) is 0.848. The highest BCUT2D eigenvalue weighted by atomic mass is 79.9. The van der Waals surface area contributed by atoms with E-state index in [0.717, 1.165) is 16.0 Å². The van der Waals surface area contributed by atoms with E-state index >= 15 is 0 Å². The van der Waals surface area contributed by atoms with Crippen LogP contribution in [0.2, 0.25) is 0 Å². The summed E-state index contributed by atoms with van der Waals surface area (Å²) in [5.41, 5.74) is 1.01. The van der Waals surface area contributed by atoms with Crippen molar-refractivity contribution >= 4 is 21.7 Å². The number of nitrogens with zero attached hydrogens (tertiary/aromatic N) is 2. The largest absolute Gasteiger partial charge is 0.362 e.